The van der Waals surface area contributed by atoms with Crippen LogP contribution in [0.15, 0.2) is 125 Å². The fraction of sp³-hybridized carbons (Fsp3) is 0.0588. The molecular weight excluding hydrogens is 598 g/mol. The normalized spacial score (nSPS) is 11.0. The van der Waals surface area contributed by atoms with Crippen molar-refractivity contribution in [1.82, 2.24) is 0 Å². The molecule has 0 radical (unpaired) electrons. The molecule has 0 fully saturated rings. The third kappa shape index (κ3) is 7.58. The van der Waals surface area contributed by atoms with E-state index in [9.17, 15) is 19.8 Å². The second kappa shape index (κ2) is 13.7. The molecule has 0 N–H and O–H groups in total. The van der Waals surface area contributed by atoms with E-state index in [-0.39, 0.29) is 42.2 Å². The van der Waals surface area contributed by atoms with Gasteiger partial charge in [0.1, 0.15) is 11.2 Å². The summed E-state index contributed by atoms with van der Waals surface area (Å²) in [5, 5.41) is 24.9. The minimum absolute atomic E-state index is 0. The molecule has 0 amide bonds. The van der Waals surface area contributed by atoms with Gasteiger partial charge in [-0.05, 0) is 60.4 Å². The van der Waals surface area contributed by atoms with Gasteiger partial charge >= 0.3 is 30.7 Å². The molecule has 9 heteroatoms. The second-order valence-electron chi connectivity index (χ2n) is 9.45. The molecule has 2 heterocycles. The predicted octanol–water partition coefficient (Wildman–Crippen LogP) is 5.85. The molecule has 0 aliphatic rings. The number of fused-ring (bicyclic) bond motifs is 2. The van der Waals surface area contributed by atoms with E-state index in [1.807, 2.05) is 38.1 Å². The second-order valence-corrected chi connectivity index (χ2v) is 9.45. The Labute approximate surface area is 259 Å². The van der Waals surface area contributed by atoms with Gasteiger partial charge in [-0.25, -0.2) is 9.59 Å². The van der Waals surface area contributed by atoms with Crippen LogP contribution in [0.25, 0.3) is 21.9 Å². The Kier molecular flexibility index (Phi) is 9.81. The third-order valence-corrected chi connectivity index (χ3v) is 6.41. The number of aliphatic imine (C=N–C) groups is 2. The first kappa shape index (κ1) is 30.8. The maximum Gasteiger partial charge on any atom is 2.00 e. The largest absolute Gasteiger partial charge is 2.00 e. The first-order valence-electron chi connectivity index (χ1n) is 13.0. The molecule has 43 heavy (non-hydrogen) atoms. The van der Waals surface area contributed by atoms with Crippen molar-refractivity contribution in [1.29, 1.82) is 0 Å². The summed E-state index contributed by atoms with van der Waals surface area (Å²) in [7, 11) is 0. The maximum atomic E-state index is 11.6. The van der Waals surface area contributed by atoms with E-state index >= 15 is 0 Å². The van der Waals surface area contributed by atoms with Crippen molar-refractivity contribution in [2.45, 2.75) is 13.8 Å². The average Bonchev–Trinajstić information content (AvgIpc) is 2.96. The van der Waals surface area contributed by atoms with Gasteiger partial charge in [-0.2, -0.15) is 0 Å². The van der Waals surface area contributed by atoms with Crippen LogP contribution in [-0.2, 0) is 19.5 Å². The topological polar surface area (TPSA) is 131 Å². The number of benzene rings is 4. The zero-order valence-corrected chi connectivity index (χ0v) is 26.4. The van der Waals surface area contributed by atoms with Gasteiger partial charge in [0.05, 0.1) is 11.4 Å². The van der Waals surface area contributed by atoms with Crippen molar-refractivity contribution >= 4 is 45.7 Å². The van der Waals surface area contributed by atoms with Crippen molar-refractivity contribution in [3.05, 3.63) is 140 Å². The summed E-state index contributed by atoms with van der Waals surface area (Å²) < 4.78 is 10.3. The van der Waals surface area contributed by atoms with Crippen LogP contribution in [0, 0.1) is 13.8 Å². The predicted molar refractivity (Wildman–Crippen MR) is 161 cm³/mol. The van der Waals surface area contributed by atoms with E-state index in [1.165, 1.54) is 36.7 Å². The van der Waals surface area contributed by atoms with Crippen LogP contribution >= 0.6 is 0 Å². The van der Waals surface area contributed by atoms with Gasteiger partial charge in [-0.1, -0.05) is 48.5 Å². The van der Waals surface area contributed by atoms with Crippen LogP contribution in [-0.4, -0.2) is 12.4 Å². The van der Waals surface area contributed by atoms with E-state index < -0.39 is 0 Å². The number of para-hydroxylation sites is 2. The molecular formula is C34H24N2O6Zn. The molecule has 2 aromatic heterocycles. The molecule has 6 rings (SSSR count). The molecule has 0 bridgehead atoms. The van der Waals surface area contributed by atoms with Gasteiger partial charge in [0, 0.05) is 47.5 Å². The minimum Gasteiger partial charge on any atom is -0.872 e. The van der Waals surface area contributed by atoms with Crippen LogP contribution < -0.4 is 21.5 Å². The number of hydrogen-bond donors (Lipinski definition) is 0. The number of rotatable bonds is 4. The van der Waals surface area contributed by atoms with Crippen molar-refractivity contribution in [3.63, 3.8) is 0 Å². The zero-order chi connectivity index (χ0) is 29.6. The quantitative estimate of drug-likeness (QED) is 0.138. The fourth-order valence-electron chi connectivity index (χ4n) is 4.25. The Bertz CT molecular complexity index is 1950. The monoisotopic (exact) mass is 620 g/mol. The molecule has 0 saturated carbocycles. The molecule has 0 aliphatic heterocycles. The van der Waals surface area contributed by atoms with Crippen molar-refractivity contribution in [2.24, 2.45) is 9.98 Å². The molecule has 0 aliphatic carbocycles. The van der Waals surface area contributed by atoms with E-state index in [4.69, 9.17) is 8.83 Å². The standard InChI is InChI=1S/2C17H13NO3.Zn/c2*1-11-8-17(20)21-16-9-13(6-7-14(11)16)18-10-12-4-2-3-5-15(12)19;/h2*2-10,19H,1H3;/q;;+2/p-2. The Morgan fingerprint density at radius 3 is 1.37 bits per heavy atom. The Morgan fingerprint density at radius 2 is 0.977 bits per heavy atom. The number of aryl methyl sites for hydroxylation is 2. The Balaban J connectivity index is 0.000000192. The molecule has 0 saturated heterocycles. The van der Waals surface area contributed by atoms with Gasteiger partial charge in [-0.15, -0.1) is 11.5 Å². The van der Waals surface area contributed by atoms with E-state index in [0.29, 0.717) is 33.7 Å². The summed E-state index contributed by atoms with van der Waals surface area (Å²) in [6, 6.07) is 27.0. The summed E-state index contributed by atoms with van der Waals surface area (Å²) in [6.45, 7) is 3.71. The fourth-order valence-corrected chi connectivity index (χ4v) is 4.25. The average molecular weight is 622 g/mol. The minimum atomic E-state index is -0.383. The Morgan fingerprint density at radius 1 is 0.581 bits per heavy atom. The first-order chi connectivity index (χ1) is 20.3. The molecule has 0 atom stereocenters. The summed E-state index contributed by atoms with van der Waals surface area (Å²) in [5.74, 6) is -0.158. The molecule has 8 nitrogen and oxygen atoms in total. The smallest absolute Gasteiger partial charge is 0.872 e. The van der Waals surface area contributed by atoms with E-state index in [0.717, 1.165) is 21.9 Å². The summed E-state index contributed by atoms with van der Waals surface area (Å²) >= 11 is 0. The van der Waals surface area contributed by atoms with Gasteiger partial charge in [-0.3, -0.25) is 9.98 Å². The molecule has 4 aromatic carbocycles. The van der Waals surface area contributed by atoms with Crippen LogP contribution in [0.2, 0.25) is 0 Å². The van der Waals surface area contributed by atoms with E-state index in [2.05, 4.69) is 9.98 Å². The molecule has 208 valence electrons. The SMILES string of the molecule is Cc1cc(=O)oc2cc(N=Cc3ccccc3[O-])ccc12.Cc1cc(=O)oc2cc(N=Cc3ccccc3[O-])ccc12.[Zn+2]. The van der Waals surface area contributed by atoms with Crippen molar-refractivity contribution < 1.29 is 38.5 Å². The molecule has 6 aromatic rings. The van der Waals surface area contributed by atoms with Crippen LogP contribution in [0.4, 0.5) is 11.4 Å². The molecule has 0 unspecified atom stereocenters. The van der Waals surface area contributed by atoms with Gasteiger partial charge in [0.15, 0.2) is 0 Å². The van der Waals surface area contributed by atoms with Gasteiger partial charge in [0.25, 0.3) is 0 Å². The first-order valence-corrected chi connectivity index (χ1v) is 13.0. The summed E-state index contributed by atoms with van der Waals surface area (Å²) in [6.07, 6.45) is 3.02. The van der Waals surface area contributed by atoms with Crippen LogP contribution in [0.3, 0.4) is 0 Å². The maximum absolute atomic E-state index is 11.6. The van der Waals surface area contributed by atoms with E-state index in [1.54, 1.807) is 48.5 Å². The van der Waals surface area contributed by atoms with Crippen molar-refractivity contribution in [2.75, 3.05) is 0 Å². The number of nitrogens with zero attached hydrogens (tertiary/aromatic N) is 2. The van der Waals surface area contributed by atoms with Crippen LogP contribution in [0.5, 0.6) is 11.5 Å². The molecule has 0 spiro atoms. The number of hydrogen-bond acceptors (Lipinski definition) is 8. The third-order valence-electron chi connectivity index (χ3n) is 6.41. The summed E-state index contributed by atoms with van der Waals surface area (Å²) in [4.78, 5) is 31.3. The zero-order valence-electron chi connectivity index (χ0n) is 23.4. The van der Waals surface area contributed by atoms with Gasteiger partial charge < -0.3 is 19.0 Å². The summed E-state index contributed by atoms with van der Waals surface area (Å²) in [5.41, 5.74) is 4.22. The van der Waals surface area contributed by atoms with Crippen molar-refractivity contribution in [3.8, 4) is 11.5 Å². The van der Waals surface area contributed by atoms with Crippen LogP contribution in [0.1, 0.15) is 22.3 Å². The van der Waals surface area contributed by atoms with Gasteiger partial charge in [0.2, 0.25) is 0 Å². The Hall–Kier alpha value is -5.14.